The average Bonchev–Trinajstić information content (AvgIpc) is 2.50. The minimum atomic E-state index is -0.852. The number of nitrogen functional groups attached to an aromatic ring is 1. The number of rotatable bonds is 3. The Morgan fingerprint density at radius 2 is 1.90 bits per heavy atom. The number of fused-ring (bicyclic) bond motifs is 1. The molecule has 106 valence electrons. The zero-order valence-corrected chi connectivity index (χ0v) is 11.1. The lowest BCUT2D eigenvalue weighted by Gasteiger charge is -2.10. The first kappa shape index (κ1) is 13.3. The Kier molecular flexibility index (Phi) is 3.39. The van der Waals surface area contributed by atoms with Gasteiger partial charge in [-0.2, -0.15) is 0 Å². The molecule has 3 N–H and O–H groups in total. The van der Waals surface area contributed by atoms with Crippen molar-refractivity contribution in [3.63, 3.8) is 0 Å². The van der Waals surface area contributed by atoms with Crippen LogP contribution in [-0.2, 0) is 6.54 Å². The molecule has 0 aliphatic rings. The largest absolute Gasteiger partial charge is 0.398 e. The molecule has 1 aromatic heterocycles. The summed E-state index contributed by atoms with van der Waals surface area (Å²) in [5.74, 6) is -1.70. The summed E-state index contributed by atoms with van der Waals surface area (Å²) < 4.78 is 26.1. The standard InChI is InChI=1S/C16H13F2N3/c17-12-4-3-10(8-13(12)18)9-21-15-6-5-14(19)11-2-1-7-20-16(11)15/h1-8,21H,9,19H2. The van der Waals surface area contributed by atoms with Gasteiger partial charge in [0.05, 0.1) is 11.2 Å². The van der Waals surface area contributed by atoms with E-state index >= 15 is 0 Å². The monoisotopic (exact) mass is 285 g/mol. The molecule has 0 saturated heterocycles. The fourth-order valence-corrected chi connectivity index (χ4v) is 2.18. The molecule has 2 aromatic carbocycles. The lowest BCUT2D eigenvalue weighted by molar-refractivity contribution is 0.507. The van der Waals surface area contributed by atoms with Crippen LogP contribution in [0.15, 0.2) is 48.7 Å². The van der Waals surface area contributed by atoms with E-state index < -0.39 is 11.6 Å². The molecule has 0 radical (unpaired) electrons. The van der Waals surface area contributed by atoms with Crippen molar-refractivity contribution >= 4 is 22.3 Å². The van der Waals surface area contributed by atoms with Crippen LogP contribution in [0.25, 0.3) is 10.9 Å². The van der Waals surface area contributed by atoms with E-state index in [1.54, 1.807) is 18.3 Å². The topological polar surface area (TPSA) is 50.9 Å². The number of hydrogen-bond donors (Lipinski definition) is 2. The second-order valence-corrected chi connectivity index (χ2v) is 4.70. The summed E-state index contributed by atoms with van der Waals surface area (Å²) in [6.45, 7) is 0.368. The molecule has 0 bridgehead atoms. The minimum absolute atomic E-state index is 0.368. The van der Waals surface area contributed by atoms with Gasteiger partial charge in [-0.05, 0) is 42.0 Å². The van der Waals surface area contributed by atoms with E-state index in [1.807, 2.05) is 18.2 Å². The van der Waals surface area contributed by atoms with Crippen molar-refractivity contribution in [2.45, 2.75) is 6.54 Å². The first-order valence-corrected chi connectivity index (χ1v) is 6.46. The predicted octanol–water partition coefficient (Wildman–Crippen LogP) is 3.71. The summed E-state index contributed by atoms with van der Waals surface area (Å²) in [6.07, 6.45) is 1.69. The highest BCUT2D eigenvalue weighted by atomic mass is 19.2. The highest BCUT2D eigenvalue weighted by Gasteiger charge is 2.06. The number of halogens is 2. The molecule has 0 aliphatic carbocycles. The Hall–Kier alpha value is -2.69. The summed E-state index contributed by atoms with van der Waals surface area (Å²) in [4.78, 5) is 4.31. The second kappa shape index (κ2) is 5.36. The van der Waals surface area contributed by atoms with E-state index in [0.29, 0.717) is 17.8 Å². The van der Waals surface area contributed by atoms with E-state index in [2.05, 4.69) is 10.3 Å². The Morgan fingerprint density at radius 3 is 2.71 bits per heavy atom. The molecule has 0 fully saturated rings. The third-order valence-corrected chi connectivity index (χ3v) is 3.27. The van der Waals surface area contributed by atoms with E-state index in [4.69, 9.17) is 5.73 Å². The molecule has 0 aliphatic heterocycles. The van der Waals surface area contributed by atoms with Gasteiger partial charge in [-0.3, -0.25) is 4.98 Å². The number of pyridine rings is 1. The van der Waals surface area contributed by atoms with Crippen molar-refractivity contribution in [3.8, 4) is 0 Å². The van der Waals surface area contributed by atoms with Gasteiger partial charge in [-0.25, -0.2) is 8.78 Å². The number of hydrogen-bond acceptors (Lipinski definition) is 3. The summed E-state index contributed by atoms with van der Waals surface area (Å²) in [7, 11) is 0. The minimum Gasteiger partial charge on any atom is -0.398 e. The maximum atomic E-state index is 13.2. The quantitative estimate of drug-likeness (QED) is 0.721. The van der Waals surface area contributed by atoms with Gasteiger partial charge in [-0.15, -0.1) is 0 Å². The van der Waals surface area contributed by atoms with Gasteiger partial charge >= 0.3 is 0 Å². The number of aromatic nitrogens is 1. The normalized spacial score (nSPS) is 10.8. The highest BCUT2D eigenvalue weighted by molar-refractivity contribution is 5.98. The maximum Gasteiger partial charge on any atom is 0.159 e. The number of nitrogens with zero attached hydrogens (tertiary/aromatic N) is 1. The fourth-order valence-electron chi connectivity index (χ4n) is 2.18. The molecular weight excluding hydrogens is 272 g/mol. The van der Waals surface area contributed by atoms with Crippen molar-refractivity contribution in [1.29, 1.82) is 0 Å². The molecule has 3 rings (SSSR count). The summed E-state index contributed by atoms with van der Waals surface area (Å²) >= 11 is 0. The van der Waals surface area contributed by atoms with Crippen LogP contribution in [0.1, 0.15) is 5.56 Å². The van der Waals surface area contributed by atoms with Crippen LogP contribution in [0, 0.1) is 11.6 Å². The van der Waals surface area contributed by atoms with E-state index in [1.165, 1.54) is 6.07 Å². The summed E-state index contributed by atoms with van der Waals surface area (Å²) in [5.41, 5.74) is 8.75. The molecule has 0 amide bonds. The third kappa shape index (κ3) is 2.63. The molecule has 21 heavy (non-hydrogen) atoms. The molecular formula is C16H13F2N3. The van der Waals surface area contributed by atoms with Gasteiger partial charge in [0, 0.05) is 23.8 Å². The molecule has 0 atom stereocenters. The van der Waals surface area contributed by atoms with Crippen LogP contribution >= 0.6 is 0 Å². The van der Waals surface area contributed by atoms with Crippen LogP contribution in [0.3, 0.4) is 0 Å². The van der Waals surface area contributed by atoms with E-state index in [0.717, 1.165) is 22.7 Å². The van der Waals surface area contributed by atoms with Gasteiger partial charge in [0.2, 0.25) is 0 Å². The molecule has 3 nitrogen and oxygen atoms in total. The fraction of sp³-hybridized carbons (Fsp3) is 0.0625. The first-order chi connectivity index (χ1) is 10.1. The van der Waals surface area contributed by atoms with Crippen LogP contribution in [0.4, 0.5) is 20.2 Å². The van der Waals surface area contributed by atoms with E-state index in [9.17, 15) is 8.78 Å². The summed E-state index contributed by atoms with van der Waals surface area (Å²) in [5, 5.41) is 4.03. The number of nitrogens with two attached hydrogens (primary N) is 1. The predicted molar refractivity (Wildman–Crippen MR) is 79.8 cm³/mol. The highest BCUT2D eigenvalue weighted by Crippen LogP contribution is 2.26. The van der Waals surface area contributed by atoms with Gasteiger partial charge in [0.25, 0.3) is 0 Å². The van der Waals surface area contributed by atoms with Crippen molar-refractivity contribution in [2.75, 3.05) is 11.1 Å². The van der Waals surface area contributed by atoms with Gasteiger partial charge in [-0.1, -0.05) is 6.07 Å². The van der Waals surface area contributed by atoms with Crippen molar-refractivity contribution in [1.82, 2.24) is 4.98 Å². The number of anilines is 2. The Morgan fingerprint density at radius 1 is 1.05 bits per heavy atom. The first-order valence-electron chi connectivity index (χ1n) is 6.46. The Labute approximate surface area is 120 Å². The van der Waals surface area contributed by atoms with Crippen LogP contribution in [0.2, 0.25) is 0 Å². The van der Waals surface area contributed by atoms with Crippen LogP contribution in [-0.4, -0.2) is 4.98 Å². The molecule has 3 aromatic rings. The van der Waals surface area contributed by atoms with Gasteiger partial charge in [0.1, 0.15) is 0 Å². The third-order valence-electron chi connectivity index (χ3n) is 3.27. The molecule has 1 heterocycles. The van der Waals surface area contributed by atoms with E-state index in [-0.39, 0.29) is 0 Å². The van der Waals surface area contributed by atoms with Gasteiger partial charge in [0.15, 0.2) is 11.6 Å². The Bertz CT molecular complexity index is 803. The smallest absolute Gasteiger partial charge is 0.159 e. The summed E-state index contributed by atoms with van der Waals surface area (Å²) in [6, 6.07) is 11.2. The zero-order valence-electron chi connectivity index (χ0n) is 11.1. The number of benzene rings is 2. The zero-order chi connectivity index (χ0) is 14.8. The molecule has 5 heteroatoms. The van der Waals surface area contributed by atoms with Crippen LogP contribution < -0.4 is 11.1 Å². The lowest BCUT2D eigenvalue weighted by Crippen LogP contribution is -2.02. The van der Waals surface area contributed by atoms with Gasteiger partial charge < -0.3 is 11.1 Å². The maximum absolute atomic E-state index is 13.2. The number of nitrogens with one attached hydrogen (secondary N) is 1. The molecule has 0 spiro atoms. The Balaban J connectivity index is 1.88. The van der Waals surface area contributed by atoms with Crippen LogP contribution in [0.5, 0.6) is 0 Å². The SMILES string of the molecule is Nc1ccc(NCc2ccc(F)c(F)c2)c2ncccc12. The molecule has 0 saturated carbocycles. The second-order valence-electron chi connectivity index (χ2n) is 4.70. The van der Waals surface area contributed by atoms with Crippen molar-refractivity contribution < 1.29 is 8.78 Å². The van der Waals surface area contributed by atoms with Crippen molar-refractivity contribution in [3.05, 3.63) is 65.9 Å². The lowest BCUT2D eigenvalue weighted by atomic mass is 10.1. The average molecular weight is 285 g/mol. The molecule has 0 unspecified atom stereocenters. The van der Waals surface area contributed by atoms with Crippen molar-refractivity contribution in [2.24, 2.45) is 0 Å².